The van der Waals surface area contributed by atoms with Gasteiger partial charge in [-0.25, -0.2) is 0 Å². The number of rotatable bonds is 3. The molecule has 8 nitrogen and oxygen atoms in total. The molecule has 150 valence electrons. The number of furan rings is 1. The molecule has 0 atom stereocenters. The van der Waals surface area contributed by atoms with Crippen molar-refractivity contribution < 1.29 is 28.3 Å². The third-order valence-corrected chi connectivity index (χ3v) is 5.74. The largest absolute Gasteiger partial charge is 0.467 e. The van der Waals surface area contributed by atoms with Crippen LogP contribution < -0.4 is 0 Å². The number of ether oxygens (including phenoxy) is 2. The summed E-state index contributed by atoms with van der Waals surface area (Å²) in [6.45, 7) is 2.28. The number of carbonyl (C=O) groups is 3. The fourth-order valence-electron chi connectivity index (χ4n) is 4.14. The average Bonchev–Trinajstić information content (AvgIpc) is 3.47. The van der Waals surface area contributed by atoms with E-state index in [2.05, 4.69) is 0 Å². The van der Waals surface area contributed by atoms with Gasteiger partial charge in [0.05, 0.1) is 37.1 Å². The smallest absolute Gasteiger partial charge is 0.261 e. The highest BCUT2D eigenvalue weighted by atomic mass is 16.7. The normalized spacial score (nSPS) is 20.6. The second kappa shape index (κ2) is 6.82. The Balaban J connectivity index is 1.33. The summed E-state index contributed by atoms with van der Waals surface area (Å²) in [6.07, 6.45) is 2.74. The maximum Gasteiger partial charge on any atom is 0.261 e. The first-order chi connectivity index (χ1) is 14.1. The molecule has 29 heavy (non-hydrogen) atoms. The predicted octanol–water partition coefficient (Wildman–Crippen LogP) is 2.05. The van der Waals surface area contributed by atoms with Crippen LogP contribution in [0, 0.1) is 0 Å². The summed E-state index contributed by atoms with van der Waals surface area (Å²) in [7, 11) is 0. The molecule has 3 aliphatic heterocycles. The zero-order valence-electron chi connectivity index (χ0n) is 15.8. The average molecular weight is 396 g/mol. The van der Waals surface area contributed by atoms with Gasteiger partial charge in [-0.2, -0.15) is 0 Å². The predicted molar refractivity (Wildman–Crippen MR) is 99.1 cm³/mol. The third-order valence-electron chi connectivity index (χ3n) is 5.74. The van der Waals surface area contributed by atoms with Crippen LogP contribution in [0.2, 0.25) is 0 Å². The lowest BCUT2D eigenvalue weighted by Crippen LogP contribution is -2.47. The number of hydrogen-bond acceptors (Lipinski definition) is 6. The number of piperidine rings is 1. The van der Waals surface area contributed by atoms with Gasteiger partial charge in [0.2, 0.25) is 0 Å². The Labute approximate surface area is 167 Å². The Morgan fingerprint density at radius 3 is 2.41 bits per heavy atom. The van der Waals surface area contributed by atoms with Crippen molar-refractivity contribution in [2.24, 2.45) is 0 Å². The van der Waals surface area contributed by atoms with Crippen molar-refractivity contribution in [3.8, 4) is 0 Å². The van der Waals surface area contributed by atoms with Crippen LogP contribution in [0.15, 0.2) is 41.0 Å². The summed E-state index contributed by atoms with van der Waals surface area (Å²) in [6, 6.07) is 8.09. The number of carbonyl (C=O) groups excluding carboxylic acids is 3. The molecule has 2 aromatic rings. The van der Waals surface area contributed by atoms with Crippen LogP contribution in [-0.4, -0.2) is 59.6 Å². The monoisotopic (exact) mass is 396 g/mol. The summed E-state index contributed by atoms with van der Waals surface area (Å²) in [5, 5.41) is 0. The maximum atomic E-state index is 12.9. The van der Waals surface area contributed by atoms with E-state index in [1.54, 1.807) is 29.2 Å². The molecule has 5 rings (SSSR count). The van der Waals surface area contributed by atoms with Gasteiger partial charge in [-0.15, -0.1) is 0 Å². The van der Waals surface area contributed by atoms with Crippen LogP contribution in [-0.2, 0) is 16.0 Å². The van der Waals surface area contributed by atoms with Crippen LogP contribution >= 0.6 is 0 Å². The molecule has 0 radical (unpaired) electrons. The van der Waals surface area contributed by atoms with Crippen molar-refractivity contribution in [3.05, 3.63) is 59.0 Å². The first kappa shape index (κ1) is 18.1. The second-order valence-corrected chi connectivity index (χ2v) is 7.44. The summed E-state index contributed by atoms with van der Waals surface area (Å²) >= 11 is 0. The summed E-state index contributed by atoms with van der Waals surface area (Å²) in [4.78, 5) is 41.2. The van der Waals surface area contributed by atoms with Gasteiger partial charge in [0, 0.05) is 31.5 Å². The molecule has 0 bridgehead atoms. The minimum atomic E-state index is -0.552. The lowest BCUT2D eigenvalue weighted by molar-refractivity contribution is -0.181. The Kier molecular flexibility index (Phi) is 4.25. The third kappa shape index (κ3) is 3.04. The van der Waals surface area contributed by atoms with E-state index in [1.807, 2.05) is 0 Å². The molecule has 3 amide bonds. The highest BCUT2D eigenvalue weighted by Gasteiger charge is 2.41. The van der Waals surface area contributed by atoms with E-state index in [-0.39, 0.29) is 23.9 Å². The van der Waals surface area contributed by atoms with E-state index in [0.29, 0.717) is 56.0 Å². The quantitative estimate of drug-likeness (QED) is 0.738. The molecule has 8 heteroatoms. The van der Waals surface area contributed by atoms with Crippen LogP contribution in [0.1, 0.15) is 49.7 Å². The molecule has 0 N–H and O–H groups in total. The van der Waals surface area contributed by atoms with E-state index >= 15 is 0 Å². The Bertz CT molecular complexity index is 967. The molecule has 3 aliphatic rings. The van der Waals surface area contributed by atoms with Gasteiger partial charge in [-0.05, 0) is 30.3 Å². The molecule has 1 aromatic heterocycles. The van der Waals surface area contributed by atoms with Crippen molar-refractivity contribution >= 4 is 17.7 Å². The molecule has 1 aromatic carbocycles. The number of hydrogen-bond donors (Lipinski definition) is 0. The number of benzene rings is 1. The van der Waals surface area contributed by atoms with Gasteiger partial charge >= 0.3 is 0 Å². The van der Waals surface area contributed by atoms with Crippen molar-refractivity contribution in [1.29, 1.82) is 0 Å². The summed E-state index contributed by atoms with van der Waals surface area (Å²) in [5.41, 5.74) is 0.959. The number of amides is 3. The molecule has 0 aliphatic carbocycles. The van der Waals surface area contributed by atoms with E-state index < -0.39 is 11.7 Å². The number of imide groups is 1. The van der Waals surface area contributed by atoms with Gasteiger partial charge in [-0.3, -0.25) is 19.3 Å². The van der Waals surface area contributed by atoms with E-state index in [1.165, 1.54) is 12.3 Å². The molecular weight excluding hydrogens is 376 g/mol. The van der Waals surface area contributed by atoms with Crippen LogP contribution in [0.3, 0.4) is 0 Å². The van der Waals surface area contributed by atoms with Gasteiger partial charge < -0.3 is 18.8 Å². The fraction of sp³-hybridized carbons (Fsp3) is 0.381. The Morgan fingerprint density at radius 2 is 1.72 bits per heavy atom. The molecule has 2 saturated heterocycles. The van der Waals surface area contributed by atoms with E-state index in [9.17, 15) is 14.4 Å². The fourth-order valence-corrected chi connectivity index (χ4v) is 4.14. The summed E-state index contributed by atoms with van der Waals surface area (Å²) < 4.78 is 16.6. The molecule has 2 fully saturated rings. The zero-order valence-corrected chi connectivity index (χ0v) is 15.8. The second-order valence-electron chi connectivity index (χ2n) is 7.44. The Hall–Kier alpha value is -2.97. The standard InChI is InChI=1S/C21H20N2O6/c24-18(22-7-5-21(6-8-22)28-10-11-29-21)14-3-4-16-17(12-14)20(26)23(19(16)25)13-15-2-1-9-27-15/h1-4,9,12H,5-8,10-11,13H2. The van der Waals surface area contributed by atoms with Crippen molar-refractivity contribution in [3.63, 3.8) is 0 Å². The maximum absolute atomic E-state index is 12.9. The number of likely N-dealkylation sites (tertiary alicyclic amines) is 1. The first-order valence-corrected chi connectivity index (χ1v) is 9.66. The molecule has 4 heterocycles. The molecule has 0 saturated carbocycles. The van der Waals surface area contributed by atoms with Gasteiger partial charge in [0.25, 0.3) is 17.7 Å². The molecule has 1 spiro atoms. The SMILES string of the molecule is O=C(c1ccc2c(c1)C(=O)N(Cc1ccco1)C2=O)N1CCC2(CC1)OCCO2. The van der Waals surface area contributed by atoms with Crippen molar-refractivity contribution in [2.75, 3.05) is 26.3 Å². The van der Waals surface area contributed by atoms with Gasteiger partial charge in [-0.1, -0.05) is 0 Å². The van der Waals surface area contributed by atoms with Crippen molar-refractivity contribution in [1.82, 2.24) is 9.80 Å². The molecule has 0 unspecified atom stereocenters. The van der Waals surface area contributed by atoms with E-state index in [0.717, 1.165) is 4.90 Å². The van der Waals surface area contributed by atoms with Crippen LogP contribution in [0.4, 0.5) is 0 Å². The van der Waals surface area contributed by atoms with E-state index in [4.69, 9.17) is 13.9 Å². The minimum absolute atomic E-state index is 0.0663. The first-order valence-electron chi connectivity index (χ1n) is 9.66. The zero-order chi connectivity index (χ0) is 20.0. The van der Waals surface area contributed by atoms with Crippen LogP contribution in [0.5, 0.6) is 0 Å². The molecular formula is C21H20N2O6. The van der Waals surface area contributed by atoms with Crippen LogP contribution in [0.25, 0.3) is 0 Å². The number of nitrogens with zero attached hydrogens (tertiary/aromatic N) is 2. The van der Waals surface area contributed by atoms with Gasteiger partial charge in [0.15, 0.2) is 5.79 Å². The minimum Gasteiger partial charge on any atom is -0.467 e. The highest BCUT2D eigenvalue weighted by molar-refractivity contribution is 6.22. The Morgan fingerprint density at radius 1 is 1.00 bits per heavy atom. The number of fused-ring (bicyclic) bond motifs is 1. The topological polar surface area (TPSA) is 89.3 Å². The lowest BCUT2D eigenvalue weighted by Gasteiger charge is -2.37. The van der Waals surface area contributed by atoms with Crippen molar-refractivity contribution in [2.45, 2.75) is 25.2 Å². The van der Waals surface area contributed by atoms with Gasteiger partial charge in [0.1, 0.15) is 5.76 Å². The highest BCUT2D eigenvalue weighted by Crippen LogP contribution is 2.32. The lowest BCUT2D eigenvalue weighted by atomic mass is 10.0. The summed E-state index contributed by atoms with van der Waals surface area (Å²) in [5.74, 6) is -0.985.